The zero-order valence-electron chi connectivity index (χ0n) is 15.2. The first-order chi connectivity index (χ1) is 12.3. The van der Waals surface area contributed by atoms with Crippen molar-refractivity contribution in [2.24, 2.45) is 17.8 Å². The number of hydrogen-bond donors (Lipinski definition) is 0. The van der Waals surface area contributed by atoms with Crippen molar-refractivity contribution >= 4 is 37.5 Å². The van der Waals surface area contributed by atoms with Gasteiger partial charge in [-0.25, -0.2) is 8.42 Å². The van der Waals surface area contributed by atoms with Gasteiger partial charge in [-0.3, -0.25) is 4.79 Å². The Hall–Kier alpha value is -0.920. The average molecular weight is 441 g/mol. The minimum absolute atomic E-state index is 0.0789. The van der Waals surface area contributed by atoms with E-state index >= 15 is 0 Å². The Morgan fingerprint density at radius 1 is 1.15 bits per heavy atom. The van der Waals surface area contributed by atoms with Gasteiger partial charge in [0.1, 0.15) is 4.90 Å². The number of carbonyl (C=O) groups is 1. The van der Waals surface area contributed by atoms with E-state index in [2.05, 4.69) is 29.8 Å². The van der Waals surface area contributed by atoms with Gasteiger partial charge in [0.15, 0.2) is 0 Å². The molecule has 2 heterocycles. The Balaban J connectivity index is 1.77. The van der Waals surface area contributed by atoms with Gasteiger partial charge in [0.05, 0.1) is 5.69 Å². The number of sulfonamides is 1. The molecule has 1 amide bonds. The summed E-state index contributed by atoms with van der Waals surface area (Å²) in [5, 5.41) is 0. The van der Waals surface area contributed by atoms with Crippen molar-refractivity contribution in [1.29, 1.82) is 0 Å². The number of nitrogens with zero attached hydrogens (tertiary/aromatic N) is 2. The van der Waals surface area contributed by atoms with E-state index in [1.807, 2.05) is 6.07 Å². The van der Waals surface area contributed by atoms with Crippen LogP contribution in [0.4, 0.5) is 5.69 Å². The quantitative estimate of drug-likeness (QED) is 0.723. The average Bonchev–Trinajstić information content (AvgIpc) is 3.32. The summed E-state index contributed by atoms with van der Waals surface area (Å²) < 4.78 is 29.4. The van der Waals surface area contributed by atoms with Crippen molar-refractivity contribution in [3.8, 4) is 0 Å². The highest BCUT2D eigenvalue weighted by Gasteiger charge is 2.41. The van der Waals surface area contributed by atoms with Gasteiger partial charge in [-0.05, 0) is 55.2 Å². The third kappa shape index (κ3) is 3.22. The third-order valence-corrected chi connectivity index (χ3v) is 7.94. The smallest absolute Gasteiger partial charge is 0.245 e. The number of rotatable bonds is 3. The van der Waals surface area contributed by atoms with Gasteiger partial charge in [0, 0.05) is 30.0 Å². The van der Waals surface area contributed by atoms with E-state index in [1.54, 1.807) is 15.3 Å². The molecule has 2 aliphatic heterocycles. The molecule has 2 atom stereocenters. The number of piperidine rings is 1. The standard InChI is InChI=1S/C19H25BrN2O3S/c1-12-7-13(2)11-21(10-12)26(24,25)17-9-16(20)8-15-5-6-22(18(15)17)19(23)14-3-4-14/h8-9,12-14H,3-7,10-11H2,1-2H3. The zero-order chi connectivity index (χ0) is 18.6. The lowest BCUT2D eigenvalue weighted by molar-refractivity contribution is -0.119. The van der Waals surface area contributed by atoms with E-state index in [0.717, 1.165) is 29.3 Å². The maximum Gasteiger partial charge on any atom is 0.245 e. The fourth-order valence-electron chi connectivity index (χ4n) is 4.38. The first-order valence-electron chi connectivity index (χ1n) is 9.41. The lowest BCUT2D eigenvalue weighted by Gasteiger charge is -2.35. The molecule has 5 nitrogen and oxygen atoms in total. The summed E-state index contributed by atoms with van der Waals surface area (Å²) in [6, 6.07) is 3.63. The molecular weight excluding hydrogens is 416 g/mol. The van der Waals surface area contributed by atoms with Crippen molar-refractivity contribution < 1.29 is 13.2 Å². The van der Waals surface area contributed by atoms with Crippen LogP contribution in [0.1, 0.15) is 38.7 Å². The molecule has 3 aliphatic rings. The molecule has 0 radical (unpaired) electrons. The molecule has 142 valence electrons. The summed E-state index contributed by atoms with van der Waals surface area (Å²) in [5.41, 5.74) is 1.57. The number of carbonyl (C=O) groups excluding carboxylic acids is 1. The molecule has 0 aromatic heterocycles. The van der Waals surface area contributed by atoms with Crippen molar-refractivity contribution in [3.05, 3.63) is 22.2 Å². The van der Waals surface area contributed by atoms with Gasteiger partial charge in [0.25, 0.3) is 0 Å². The van der Waals surface area contributed by atoms with E-state index in [0.29, 0.717) is 43.6 Å². The summed E-state index contributed by atoms with van der Waals surface area (Å²) in [4.78, 5) is 14.7. The Morgan fingerprint density at radius 3 is 2.42 bits per heavy atom. The molecule has 2 fully saturated rings. The van der Waals surface area contributed by atoms with Crippen molar-refractivity contribution in [1.82, 2.24) is 4.31 Å². The van der Waals surface area contributed by atoms with Crippen LogP contribution in [0.2, 0.25) is 0 Å². The minimum atomic E-state index is -3.64. The summed E-state index contributed by atoms with van der Waals surface area (Å²) in [6.07, 6.45) is 3.60. The highest BCUT2D eigenvalue weighted by Crippen LogP contribution is 2.42. The fraction of sp³-hybridized carbons (Fsp3) is 0.632. The second-order valence-corrected chi connectivity index (χ2v) is 11.0. The number of anilines is 1. The van der Waals surface area contributed by atoms with E-state index in [-0.39, 0.29) is 16.7 Å². The van der Waals surface area contributed by atoms with Crippen molar-refractivity contribution in [2.45, 2.75) is 44.4 Å². The SMILES string of the molecule is CC1CC(C)CN(S(=O)(=O)c2cc(Br)cc3c2N(C(=O)C2CC2)CC3)C1. The van der Waals surface area contributed by atoms with Crippen LogP contribution in [0.15, 0.2) is 21.5 Å². The highest BCUT2D eigenvalue weighted by molar-refractivity contribution is 9.10. The Bertz CT molecular complexity index is 841. The van der Waals surface area contributed by atoms with Crippen LogP contribution < -0.4 is 4.90 Å². The Labute approximate surface area is 163 Å². The predicted octanol–water partition coefficient (Wildman–Crippen LogP) is 3.41. The number of halogens is 1. The number of fused-ring (bicyclic) bond motifs is 1. The van der Waals surface area contributed by atoms with E-state index in [4.69, 9.17) is 0 Å². The lowest BCUT2D eigenvalue weighted by atomic mass is 9.94. The second-order valence-electron chi connectivity index (χ2n) is 8.19. The van der Waals surface area contributed by atoms with Crippen LogP contribution in [0, 0.1) is 17.8 Å². The molecule has 7 heteroatoms. The maximum absolute atomic E-state index is 13.5. The molecule has 1 saturated carbocycles. The van der Waals surface area contributed by atoms with E-state index in [1.165, 1.54) is 0 Å². The maximum atomic E-state index is 13.5. The van der Waals surface area contributed by atoms with Gasteiger partial charge in [-0.1, -0.05) is 29.8 Å². The first kappa shape index (κ1) is 18.4. The van der Waals surface area contributed by atoms with Crippen molar-refractivity contribution in [2.75, 3.05) is 24.5 Å². The molecule has 26 heavy (non-hydrogen) atoms. The van der Waals surface area contributed by atoms with Gasteiger partial charge >= 0.3 is 0 Å². The predicted molar refractivity (Wildman–Crippen MR) is 105 cm³/mol. The van der Waals surface area contributed by atoms with Gasteiger partial charge in [-0.15, -0.1) is 0 Å². The van der Waals surface area contributed by atoms with Crippen LogP contribution in [-0.2, 0) is 21.2 Å². The number of amides is 1. The second kappa shape index (κ2) is 6.60. The van der Waals surface area contributed by atoms with Crippen molar-refractivity contribution in [3.63, 3.8) is 0 Å². The molecule has 4 rings (SSSR count). The fourth-order valence-corrected chi connectivity index (χ4v) is 6.98. The van der Waals surface area contributed by atoms with Crippen LogP contribution in [-0.4, -0.2) is 38.3 Å². The van der Waals surface area contributed by atoms with Gasteiger partial charge < -0.3 is 4.90 Å². The molecule has 0 spiro atoms. The Morgan fingerprint density at radius 2 is 1.81 bits per heavy atom. The largest absolute Gasteiger partial charge is 0.310 e. The van der Waals surface area contributed by atoms with E-state index in [9.17, 15) is 13.2 Å². The monoisotopic (exact) mass is 440 g/mol. The lowest BCUT2D eigenvalue weighted by Crippen LogP contribution is -2.43. The summed E-state index contributed by atoms with van der Waals surface area (Å²) in [6.45, 7) is 5.88. The molecule has 0 bridgehead atoms. The van der Waals surface area contributed by atoms with Crippen LogP contribution in [0.5, 0.6) is 0 Å². The van der Waals surface area contributed by atoms with Crippen LogP contribution >= 0.6 is 15.9 Å². The molecule has 1 saturated heterocycles. The number of benzene rings is 1. The van der Waals surface area contributed by atoms with Crippen LogP contribution in [0.3, 0.4) is 0 Å². The number of hydrogen-bond acceptors (Lipinski definition) is 3. The molecule has 2 unspecified atom stereocenters. The molecule has 1 aliphatic carbocycles. The summed E-state index contributed by atoms with van der Waals surface area (Å²) in [7, 11) is -3.64. The van der Waals surface area contributed by atoms with Crippen LogP contribution in [0.25, 0.3) is 0 Å². The van der Waals surface area contributed by atoms with E-state index < -0.39 is 10.0 Å². The molecule has 1 aromatic rings. The molecular formula is C19H25BrN2O3S. The normalized spacial score (nSPS) is 26.8. The van der Waals surface area contributed by atoms with Gasteiger partial charge in [-0.2, -0.15) is 4.31 Å². The minimum Gasteiger partial charge on any atom is -0.310 e. The summed E-state index contributed by atoms with van der Waals surface area (Å²) in [5.74, 6) is 0.855. The zero-order valence-corrected chi connectivity index (χ0v) is 17.6. The topological polar surface area (TPSA) is 57.7 Å². The summed E-state index contributed by atoms with van der Waals surface area (Å²) >= 11 is 3.47. The van der Waals surface area contributed by atoms with Gasteiger partial charge in [0.2, 0.25) is 15.9 Å². The first-order valence-corrected chi connectivity index (χ1v) is 11.6. The Kier molecular flexibility index (Phi) is 4.68. The molecule has 1 aromatic carbocycles. The highest BCUT2D eigenvalue weighted by atomic mass is 79.9. The molecule has 0 N–H and O–H groups in total. The third-order valence-electron chi connectivity index (χ3n) is 5.64.